The zero-order chi connectivity index (χ0) is 13.5. The van der Waals surface area contributed by atoms with Crippen LogP contribution in [0.3, 0.4) is 0 Å². The molecule has 0 aromatic heterocycles. The minimum Gasteiger partial charge on any atom is -0.351 e. The number of rotatable bonds is 7. The van der Waals surface area contributed by atoms with Gasteiger partial charge in [0.2, 0.25) is 5.91 Å². The van der Waals surface area contributed by atoms with Gasteiger partial charge in [-0.15, -0.1) is 0 Å². The Morgan fingerprint density at radius 2 is 1.89 bits per heavy atom. The van der Waals surface area contributed by atoms with Crippen LogP contribution in [0.1, 0.15) is 39.5 Å². The molecule has 4 heteroatoms. The summed E-state index contributed by atoms with van der Waals surface area (Å²) < 4.78 is 0. The third kappa shape index (κ3) is 5.83. The van der Waals surface area contributed by atoms with E-state index in [0.29, 0.717) is 18.5 Å². The maximum absolute atomic E-state index is 11.9. The lowest BCUT2D eigenvalue weighted by Crippen LogP contribution is -2.48. The van der Waals surface area contributed by atoms with E-state index in [4.69, 9.17) is 0 Å². The minimum atomic E-state index is 0.127. The Kier molecular flexibility index (Phi) is 6.65. The van der Waals surface area contributed by atoms with Gasteiger partial charge in [-0.05, 0) is 32.9 Å². The van der Waals surface area contributed by atoms with E-state index in [1.165, 1.54) is 25.7 Å². The van der Waals surface area contributed by atoms with Gasteiger partial charge in [0, 0.05) is 18.6 Å². The third-order valence-electron chi connectivity index (χ3n) is 3.62. The molecule has 0 radical (unpaired) electrons. The van der Waals surface area contributed by atoms with Gasteiger partial charge in [-0.2, -0.15) is 0 Å². The number of nitrogens with zero attached hydrogens (tertiary/aromatic N) is 1. The number of carbonyl (C=O) groups is 1. The van der Waals surface area contributed by atoms with Crippen LogP contribution in [-0.4, -0.2) is 50.1 Å². The molecule has 1 saturated carbocycles. The van der Waals surface area contributed by atoms with Crippen LogP contribution in [-0.2, 0) is 4.79 Å². The van der Waals surface area contributed by atoms with Crippen LogP contribution < -0.4 is 10.6 Å². The first-order chi connectivity index (χ1) is 8.49. The summed E-state index contributed by atoms with van der Waals surface area (Å²) in [6.45, 7) is 5.66. The number of hydrogen-bond donors (Lipinski definition) is 2. The van der Waals surface area contributed by atoms with Crippen molar-refractivity contribution < 1.29 is 4.79 Å². The fourth-order valence-corrected chi connectivity index (χ4v) is 2.44. The van der Waals surface area contributed by atoms with Crippen LogP contribution in [0.5, 0.6) is 0 Å². The fourth-order valence-electron chi connectivity index (χ4n) is 2.44. The minimum absolute atomic E-state index is 0.127. The maximum Gasteiger partial charge on any atom is 0.234 e. The summed E-state index contributed by atoms with van der Waals surface area (Å²) in [5.74, 6) is 0.588. The van der Waals surface area contributed by atoms with Gasteiger partial charge in [0.05, 0.1) is 6.54 Å². The van der Waals surface area contributed by atoms with E-state index in [9.17, 15) is 4.79 Å². The lowest BCUT2D eigenvalue weighted by Gasteiger charge is -2.26. The van der Waals surface area contributed by atoms with Gasteiger partial charge < -0.3 is 15.5 Å². The highest BCUT2D eigenvalue weighted by Crippen LogP contribution is 2.17. The second-order valence-electron chi connectivity index (χ2n) is 6.04. The first-order valence-electron chi connectivity index (χ1n) is 7.16. The predicted octanol–water partition coefficient (Wildman–Crippen LogP) is 1.22. The SMILES string of the molecule is CC(C)C(CN(C)C)NC(=O)CNC1CCCC1. The zero-order valence-electron chi connectivity index (χ0n) is 12.3. The van der Waals surface area contributed by atoms with Crippen molar-refractivity contribution in [3.8, 4) is 0 Å². The Bertz CT molecular complexity index is 247. The molecule has 4 nitrogen and oxygen atoms in total. The summed E-state index contributed by atoms with van der Waals surface area (Å²) in [4.78, 5) is 14.0. The number of amides is 1. The second kappa shape index (κ2) is 7.74. The first kappa shape index (κ1) is 15.4. The van der Waals surface area contributed by atoms with Crippen LogP contribution in [0.2, 0.25) is 0 Å². The van der Waals surface area contributed by atoms with Crippen molar-refractivity contribution in [3.63, 3.8) is 0 Å². The quantitative estimate of drug-likeness (QED) is 0.719. The largest absolute Gasteiger partial charge is 0.351 e. The van der Waals surface area contributed by atoms with Crippen LogP contribution >= 0.6 is 0 Å². The predicted molar refractivity (Wildman–Crippen MR) is 75.6 cm³/mol. The van der Waals surface area contributed by atoms with Crippen molar-refractivity contribution in [1.29, 1.82) is 0 Å². The summed E-state index contributed by atoms with van der Waals surface area (Å²) in [5, 5.41) is 6.48. The van der Waals surface area contributed by atoms with Crippen molar-refractivity contribution in [2.24, 2.45) is 5.92 Å². The molecule has 1 unspecified atom stereocenters. The van der Waals surface area contributed by atoms with Crippen LogP contribution in [0.25, 0.3) is 0 Å². The number of nitrogens with one attached hydrogen (secondary N) is 2. The Balaban J connectivity index is 2.26. The van der Waals surface area contributed by atoms with E-state index in [2.05, 4.69) is 29.4 Å². The highest BCUT2D eigenvalue weighted by molar-refractivity contribution is 5.78. The molecular weight excluding hydrogens is 226 g/mol. The van der Waals surface area contributed by atoms with E-state index in [-0.39, 0.29) is 11.9 Å². The molecule has 0 heterocycles. The van der Waals surface area contributed by atoms with Crippen molar-refractivity contribution >= 4 is 5.91 Å². The van der Waals surface area contributed by atoms with E-state index >= 15 is 0 Å². The summed E-state index contributed by atoms with van der Waals surface area (Å²) >= 11 is 0. The molecule has 1 atom stereocenters. The summed E-state index contributed by atoms with van der Waals surface area (Å²) in [6, 6.07) is 0.792. The molecule has 2 N–H and O–H groups in total. The molecule has 0 bridgehead atoms. The molecule has 18 heavy (non-hydrogen) atoms. The summed E-state index contributed by atoms with van der Waals surface area (Å²) in [6.07, 6.45) is 5.04. The number of carbonyl (C=O) groups excluding carboxylic acids is 1. The Morgan fingerprint density at radius 1 is 1.28 bits per heavy atom. The zero-order valence-corrected chi connectivity index (χ0v) is 12.3. The fraction of sp³-hybridized carbons (Fsp3) is 0.929. The molecule has 0 saturated heterocycles. The Hall–Kier alpha value is -0.610. The van der Waals surface area contributed by atoms with Crippen molar-refractivity contribution in [2.75, 3.05) is 27.2 Å². The van der Waals surface area contributed by atoms with Gasteiger partial charge >= 0.3 is 0 Å². The molecular formula is C14H29N3O. The van der Waals surface area contributed by atoms with Crippen LogP contribution in [0.15, 0.2) is 0 Å². The van der Waals surface area contributed by atoms with Gasteiger partial charge in [-0.3, -0.25) is 4.79 Å². The topological polar surface area (TPSA) is 44.4 Å². The van der Waals surface area contributed by atoms with E-state index < -0.39 is 0 Å². The monoisotopic (exact) mass is 255 g/mol. The van der Waals surface area contributed by atoms with E-state index in [0.717, 1.165) is 6.54 Å². The normalized spacial score (nSPS) is 18.6. The smallest absolute Gasteiger partial charge is 0.234 e. The summed E-state index contributed by atoms with van der Waals surface area (Å²) in [5.41, 5.74) is 0. The highest BCUT2D eigenvalue weighted by Gasteiger charge is 2.19. The van der Waals surface area contributed by atoms with Gasteiger partial charge in [-0.1, -0.05) is 26.7 Å². The molecule has 1 amide bonds. The van der Waals surface area contributed by atoms with Gasteiger partial charge in [-0.25, -0.2) is 0 Å². The maximum atomic E-state index is 11.9. The van der Waals surface area contributed by atoms with E-state index in [1.54, 1.807) is 0 Å². The average Bonchev–Trinajstić information content (AvgIpc) is 2.77. The molecule has 1 aliphatic rings. The number of likely N-dealkylation sites (N-methyl/N-ethyl adjacent to an activating group) is 1. The second-order valence-corrected chi connectivity index (χ2v) is 6.04. The average molecular weight is 255 g/mol. The lowest BCUT2D eigenvalue weighted by atomic mass is 10.0. The van der Waals surface area contributed by atoms with Crippen molar-refractivity contribution in [1.82, 2.24) is 15.5 Å². The molecule has 106 valence electrons. The first-order valence-corrected chi connectivity index (χ1v) is 7.16. The third-order valence-corrected chi connectivity index (χ3v) is 3.62. The molecule has 0 aromatic carbocycles. The van der Waals surface area contributed by atoms with Crippen molar-refractivity contribution in [2.45, 2.75) is 51.6 Å². The molecule has 0 spiro atoms. The molecule has 1 fully saturated rings. The Labute approximate surface area is 111 Å². The molecule has 0 aromatic rings. The van der Waals surface area contributed by atoms with Gasteiger partial charge in [0.1, 0.15) is 0 Å². The Morgan fingerprint density at radius 3 is 2.39 bits per heavy atom. The summed E-state index contributed by atoms with van der Waals surface area (Å²) in [7, 11) is 4.08. The van der Waals surface area contributed by atoms with Crippen molar-refractivity contribution in [3.05, 3.63) is 0 Å². The molecule has 1 aliphatic carbocycles. The van der Waals surface area contributed by atoms with Crippen LogP contribution in [0, 0.1) is 5.92 Å². The lowest BCUT2D eigenvalue weighted by molar-refractivity contribution is -0.121. The molecule has 0 aliphatic heterocycles. The number of hydrogen-bond acceptors (Lipinski definition) is 3. The van der Waals surface area contributed by atoms with Crippen LogP contribution in [0.4, 0.5) is 0 Å². The highest BCUT2D eigenvalue weighted by atomic mass is 16.2. The standard InChI is InChI=1S/C14H29N3O/c1-11(2)13(10-17(3)4)16-14(18)9-15-12-7-5-6-8-12/h11-13,15H,5-10H2,1-4H3,(H,16,18). The molecule has 1 rings (SSSR count). The van der Waals surface area contributed by atoms with E-state index in [1.807, 2.05) is 14.1 Å². The van der Waals surface area contributed by atoms with Gasteiger partial charge in [0.25, 0.3) is 0 Å². The van der Waals surface area contributed by atoms with Gasteiger partial charge in [0.15, 0.2) is 0 Å².